The van der Waals surface area contributed by atoms with Crippen molar-refractivity contribution in [3.8, 4) is 11.4 Å². The van der Waals surface area contributed by atoms with Crippen molar-refractivity contribution in [1.82, 2.24) is 15.0 Å². The zero-order chi connectivity index (χ0) is 20.2. The van der Waals surface area contributed by atoms with Crippen LogP contribution in [-0.4, -0.2) is 27.5 Å². The van der Waals surface area contributed by atoms with Gasteiger partial charge in [-0.1, -0.05) is 54.4 Å². The van der Waals surface area contributed by atoms with Gasteiger partial charge in [-0.25, -0.2) is 0 Å². The fraction of sp³-hybridized carbons (Fsp3) is 0.375. The molecular weight excluding hydrogens is 362 g/mol. The van der Waals surface area contributed by atoms with Crippen molar-refractivity contribution in [1.29, 1.82) is 0 Å². The monoisotopic (exact) mass is 389 g/mol. The second-order valence-electron chi connectivity index (χ2n) is 7.78. The Bertz CT molecular complexity index is 978. The topological polar surface area (TPSA) is 59.2 Å². The number of likely N-dealkylation sites (tertiary alicyclic amines) is 1. The van der Waals surface area contributed by atoms with Crippen molar-refractivity contribution >= 4 is 5.91 Å². The zero-order valence-corrected chi connectivity index (χ0v) is 17.1. The average molecular weight is 389 g/mol. The highest BCUT2D eigenvalue weighted by Crippen LogP contribution is 2.33. The zero-order valence-electron chi connectivity index (χ0n) is 17.1. The molecule has 1 atom stereocenters. The summed E-state index contributed by atoms with van der Waals surface area (Å²) in [7, 11) is 0. The van der Waals surface area contributed by atoms with Gasteiger partial charge < -0.3 is 9.42 Å². The maximum atomic E-state index is 13.1. The molecule has 1 saturated heterocycles. The quantitative estimate of drug-likeness (QED) is 0.569. The Balaban J connectivity index is 1.51. The lowest BCUT2D eigenvalue weighted by Crippen LogP contribution is -2.30. The van der Waals surface area contributed by atoms with Crippen LogP contribution in [-0.2, 0) is 6.42 Å². The summed E-state index contributed by atoms with van der Waals surface area (Å²) in [6.45, 7) is 4.94. The molecule has 5 nitrogen and oxygen atoms in total. The van der Waals surface area contributed by atoms with Crippen molar-refractivity contribution < 1.29 is 9.32 Å². The predicted octanol–water partition coefficient (Wildman–Crippen LogP) is 5.36. The van der Waals surface area contributed by atoms with Crippen LogP contribution < -0.4 is 0 Å². The van der Waals surface area contributed by atoms with Crippen LogP contribution in [0, 0.1) is 6.92 Å². The highest BCUT2D eigenvalue weighted by atomic mass is 16.5. The molecule has 3 aromatic rings. The standard InChI is InChI=1S/C24H27N3O2/c1-3-4-8-18-11-13-19(14-12-18)24(28)27-15-6-10-21(27)23-25-22(26-29-23)20-9-5-7-17(2)16-20/h5,7,9,11-14,16,21H,3-4,6,8,10,15H2,1-2H3/t21-/m1/s1. The molecule has 1 aromatic heterocycles. The number of unbranched alkanes of at least 4 members (excludes halogenated alkanes) is 1. The van der Waals surface area contributed by atoms with Crippen LogP contribution in [0.15, 0.2) is 53.1 Å². The molecule has 4 rings (SSSR count). The predicted molar refractivity (Wildman–Crippen MR) is 113 cm³/mol. The van der Waals surface area contributed by atoms with Gasteiger partial charge in [0.1, 0.15) is 6.04 Å². The molecule has 5 heteroatoms. The lowest BCUT2D eigenvalue weighted by atomic mass is 10.1. The number of hydrogen-bond donors (Lipinski definition) is 0. The summed E-state index contributed by atoms with van der Waals surface area (Å²) in [4.78, 5) is 19.6. The average Bonchev–Trinajstić information content (AvgIpc) is 3.41. The maximum Gasteiger partial charge on any atom is 0.254 e. The van der Waals surface area contributed by atoms with Crippen molar-refractivity contribution in [2.24, 2.45) is 0 Å². The molecular formula is C24H27N3O2. The van der Waals surface area contributed by atoms with Gasteiger partial charge in [-0.3, -0.25) is 4.79 Å². The van der Waals surface area contributed by atoms with Gasteiger partial charge in [-0.05, 0) is 56.4 Å². The molecule has 2 aromatic carbocycles. The van der Waals surface area contributed by atoms with Crippen molar-refractivity contribution in [3.63, 3.8) is 0 Å². The van der Waals surface area contributed by atoms with E-state index in [1.165, 1.54) is 18.4 Å². The molecule has 0 spiro atoms. The number of aromatic nitrogens is 2. The van der Waals surface area contributed by atoms with E-state index < -0.39 is 0 Å². The third-order valence-electron chi connectivity index (χ3n) is 5.54. The van der Waals surface area contributed by atoms with Crippen molar-refractivity contribution in [2.45, 2.75) is 52.0 Å². The normalized spacial score (nSPS) is 16.3. The van der Waals surface area contributed by atoms with Gasteiger partial charge in [0, 0.05) is 17.7 Å². The smallest absolute Gasteiger partial charge is 0.254 e. The van der Waals surface area contributed by atoms with E-state index >= 15 is 0 Å². The summed E-state index contributed by atoms with van der Waals surface area (Å²) in [5.74, 6) is 1.13. The molecule has 1 fully saturated rings. The second kappa shape index (κ2) is 8.60. The van der Waals surface area contributed by atoms with Crippen LogP contribution in [0.1, 0.15) is 66.0 Å². The van der Waals surface area contributed by atoms with E-state index in [2.05, 4.69) is 29.2 Å². The molecule has 1 aliphatic heterocycles. The SMILES string of the molecule is CCCCc1ccc(C(=O)N2CCC[C@@H]2c2nc(-c3cccc(C)c3)no2)cc1. The van der Waals surface area contributed by atoms with Crippen LogP contribution in [0.5, 0.6) is 0 Å². The Morgan fingerprint density at radius 1 is 1.21 bits per heavy atom. The van der Waals surface area contributed by atoms with E-state index in [1.807, 2.05) is 48.2 Å². The minimum absolute atomic E-state index is 0.0323. The molecule has 1 amide bonds. The molecule has 0 bridgehead atoms. The summed E-state index contributed by atoms with van der Waals surface area (Å²) < 4.78 is 5.57. The van der Waals surface area contributed by atoms with Gasteiger partial charge in [0.05, 0.1) is 0 Å². The van der Waals surface area contributed by atoms with Crippen molar-refractivity contribution in [2.75, 3.05) is 6.54 Å². The highest BCUT2D eigenvalue weighted by molar-refractivity contribution is 5.94. The van der Waals surface area contributed by atoms with Gasteiger partial charge in [0.25, 0.3) is 5.91 Å². The van der Waals surface area contributed by atoms with E-state index in [4.69, 9.17) is 4.52 Å². The largest absolute Gasteiger partial charge is 0.337 e. The van der Waals surface area contributed by atoms with Crippen LogP contribution in [0.2, 0.25) is 0 Å². The van der Waals surface area contributed by atoms with Gasteiger partial charge >= 0.3 is 0 Å². The maximum absolute atomic E-state index is 13.1. The Kier molecular flexibility index (Phi) is 5.74. The molecule has 0 N–H and O–H groups in total. The molecule has 0 unspecified atom stereocenters. The summed E-state index contributed by atoms with van der Waals surface area (Å²) >= 11 is 0. The molecule has 150 valence electrons. The van der Waals surface area contributed by atoms with Gasteiger partial charge in [0.2, 0.25) is 11.7 Å². The van der Waals surface area contributed by atoms with Crippen molar-refractivity contribution in [3.05, 3.63) is 71.1 Å². The Labute approximate surface area is 171 Å². The van der Waals surface area contributed by atoms with E-state index in [0.29, 0.717) is 18.3 Å². The molecule has 2 heterocycles. The third kappa shape index (κ3) is 4.24. The number of aryl methyl sites for hydroxylation is 2. The van der Waals surface area contributed by atoms with Gasteiger partial charge in [-0.15, -0.1) is 0 Å². The summed E-state index contributed by atoms with van der Waals surface area (Å²) in [5.41, 5.74) is 4.07. The van der Waals surface area contributed by atoms with E-state index in [-0.39, 0.29) is 11.9 Å². The fourth-order valence-electron chi connectivity index (χ4n) is 3.90. The number of benzene rings is 2. The first-order valence-corrected chi connectivity index (χ1v) is 10.5. The first kappa shape index (κ1) is 19.4. The van der Waals surface area contributed by atoms with Crippen LogP contribution in [0.3, 0.4) is 0 Å². The lowest BCUT2D eigenvalue weighted by molar-refractivity contribution is 0.0710. The van der Waals surface area contributed by atoms with Gasteiger partial charge in [-0.2, -0.15) is 4.98 Å². The third-order valence-corrected chi connectivity index (χ3v) is 5.54. The van der Waals surface area contributed by atoms with E-state index in [9.17, 15) is 4.79 Å². The lowest BCUT2D eigenvalue weighted by Gasteiger charge is -2.22. The second-order valence-corrected chi connectivity index (χ2v) is 7.78. The van der Waals surface area contributed by atoms with Crippen LogP contribution in [0.25, 0.3) is 11.4 Å². The Hall–Kier alpha value is -2.95. The number of carbonyl (C=O) groups is 1. The Morgan fingerprint density at radius 2 is 2.03 bits per heavy atom. The highest BCUT2D eigenvalue weighted by Gasteiger charge is 2.34. The molecule has 1 aliphatic rings. The minimum atomic E-state index is -0.159. The number of rotatable bonds is 6. The molecule has 0 aliphatic carbocycles. The first-order chi connectivity index (χ1) is 14.2. The summed E-state index contributed by atoms with van der Waals surface area (Å²) in [5, 5.41) is 4.15. The van der Waals surface area contributed by atoms with E-state index in [1.54, 1.807) is 0 Å². The summed E-state index contributed by atoms with van der Waals surface area (Å²) in [6, 6.07) is 15.9. The van der Waals surface area contributed by atoms with Gasteiger partial charge in [0.15, 0.2) is 0 Å². The molecule has 0 radical (unpaired) electrons. The summed E-state index contributed by atoms with van der Waals surface area (Å²) in [6.07, 6.45) is 5.18. The molecule has 29 heavy (non-hydrogen) atoms. The first-order valence-electron chi connectivity index (χ1n) is 10.5. The Morgan fingerprint density at radius 3 is 2.79 bits per heavy atom. The fourth-order valence-corrected chi connectivity index (χ4v) is 3.90. The van der Waals surface area contributed by atoms with Crippen LogP contribution in [0.4, 0.5) is 0 Å². The number of hydrogen-bond acceptors (Lipinski definition) is 4. The number of amides is 1. The molecule has 0 saturated carbocycles. The number of carbonyl (C=O) groups excluding carboxylic acids is 1. The van der Waals surface area contributed by atoms with E-state index in [0.717, 1.165) is 36.0 Å². The number of nitrogens with zero attached hydrogens (tertiary/aromatic N) is 3. The van der Waals surface area contributed by atoms with Crippen LogP contribution >= 0.6 is 0 Å². The minimum Gasteiger partial charge on any atom is -0.337 e.